The normalized spacial score (nSPS) is 12.7. The molecule has 279 valence electrons. The van der Waals surface area contributed by atoms with Crippen LogP contribution in [0.1, 0.15) is 79.7 Å². The average Bonchev–Trinajstić information content (AvgIpc) is 3.64. The molecule has 0 saturated heterocycles. The molecule has 53 heavy (non-hydrogen) atoms. The maximum absolute atomic E-state index is 11.7. The predicted octanol–water partition coefficient (Wildman–Crippen LogP) is 12.6. The molecule has 6 heteroatoms. The van der Waals surface area contributed by atoms with E-state index in [0.717, 1.165) is 42.3 Å². The number of pyridine rings is 1. The third kappa shape index (κ3) is 7.48. The number of carbonyl (C=O) groups excluding carboxylic acids is 1. The van der Waals surface area contributed by atoms with Crippen LogP contribution in [0.2, 0.25) is 19.6 Å². The summed E-state index contributed by atoms with van der Waals surface area (Å²) in [4.78, 5) is 16.8. The molecule has 0 unspecified atom stereocenters. The van der Waals surface area contributed by atoms with Crippen LogP contribution in [0.15, 0.2) is 90.8 Å². The van der Waals surface area contributed by atoms with Gasteiger partial charge in [-0.3, -0.25) is 9.78 Å². The summed E-state index contributed by atoms with van der Waals surface area (Å²) in [5.41, 5.74) is 7.17. The summed E-state index contributed by atoms with van der Waals surface area (Å²) in [6, 6.07) is 30.5. The van der Waals surface area contributed by atoms with Crippen molar-refractivity contribution >= 4 is 67.9 Å². The number of benzene rings is 4. The van der Waals surface area contributed by atoms with Gasteiger partial charge in [0.2, 0.25) is 0 Å². The van der Waals surface area contributed by atoms with Gasteiger partial charge < -0.3 is 9.51 Å². The average molecular weight is 900 g/mol. The first-order chi connectivity index (χ1) is 24.7. The van der Waals surface area contributed by atoms with Crippen LogP contribution in [0, 0.1) is 17.9 Å². The second-order valence-electron chi connectivity index (χ2n) is 16.4. The molecule has 0 aliphatic heterocycles. The van der Waals surface area contributed by atoms with Crippen LogP contribution in [0.5, 0.6) is 0 Å². The topological polar surface area (TPSA) is 54.6 Å². The molecular weight excluding hydrogens is 845 g/mol. The van der Waals surface area contributed by atoms with Crippen LogP contribution in [0.3, 0.4) is 0 Å². The summed E-state index contributed by atoms with van der Waals surface area (Å²) in [5, 5.41) is 19.0. The van der Waals surface area contributed by atoms with Crippen molar-refractivity contribution in [3.05, 3.63) is 102 Å². The number of carbonyl (C=O) groups is 1. The van der Waals surface area contributed by atoms with Crippen molar-refractivity contribution in [1.82, 2.24) is 9.38 Å². The first kappa shape index (κ1) is 40.4. The SMILES string of the molecule is CC(C)(C)c1cc(-c2nccc3c4ccc([Si](C)(C)C)c5c6ccccc6n(c23)c45)[c-]c2ccccc12.CCC(CC)C(=O)/C=C(\O)C(CC)CC.[Ir]. The van der Waals surface area contributed by atoms with Gasteiger partial charge in [0.15, 0.2) is 5.78 Å². The Kier molecular flexibility index (Phi) is 12.1. The monoisotopic (exact) mass is 900 g/mol. The Labute approximate surface area is 330 Å². The number of aliphatic hydroxyl groups is 1. The van der Waals surface area contributed by atoms with Gasteiger partial charge >= 0.3 is 0 Å². The van der Waals surface area contributed by atoms with E-state index in [-0.39, 0.29) is 48.9 Å². The smallest absolute Gasteiger partial charge is 0.162 e. The molecule has 1 radical (unpaired) electrons. The van der Waals surface area contributed by atoms with Gasteiger partial charge in [-0.05, 0) is 43.2 Å². The molecule has 4 nitrogen and oxygen atoms in total. The summed E-state index contributed by atoms with van der Waals surface area (Å²) in [6.07, 6.45) is 6.88. The van der Waals surface area contributed by atoms with Gasteiger partial charge in [0.05, 0.1) is 24.9 Å². The van der Waals surface area contributed by atoms with Crippen LogP contribution < -0.4 is 5.19 Å². The predicted molar refractivity (Wildman–Crippen MR) is 226 cm³/mol. The van der Waals surface area contributed by atoms with Gasteiger partial charge in [0, 0.05) is 77.0 Å². The van der Waals surface area contributed by atoms with E-state index in [2.05, 4.69) is 124 Å². The van der Waals surface area contributed by atoms with Crippen molar-refractivity contribution in [3.63, 3.8) is 0 Å². The number of rotatable bonds is 9. The summed E-state index contributed by atoms with van der Waals surface area (Å²) in [6.45, 7) is 22.3. The maximum atomic E-state index is 11.7. The van der Waals surface area contributed by atoms with Gasteiger partial charge in [-0.25, -0.2) is 0 Å². The molecule has 4 aromatic carbocycles. The van der Waals surface area contributed by atoms with E-state index in [1.165, 1.54) is 60.3 Å². The van der Waals surface area contributed by atoms with Gasteiger partial charge in [-0.2, -0.15) is 0 Å². The largest absolute Gasteiger partial charge is 0.512 e. The number of hydrogen-bond acceptors (Lipinski definition) is 3. The molecule has 0 amide bonds. The summed E-state index contributed by atoms with van der Waals surface area (Å²) in [5.74, 6) is 0.547. The maximum Gasteiger partial charge on any atom is 0.162 e. The summed E-state index contributed by atoms with van der Waals surface area (Å²) in [7, 11) is -1.57. The van der Waals surface area contributed by atoms with Crippen molar-refractivity contribution in [2.75, 3.05) is 0 Å². The minimum Gasteiger partial charge on any atom is -0.512 e. The van der Waals surface area contributed by atoms with Gasteiger partial charge in [0.1, 0.15) is 0 Å². The molecule has 7 aromatic rings. The van der Waals surface area contributed by atoms with E-state index in [0.29, 0.717) is 0 Å². The zero-order valence-electron chi connectivity index (χ0n) is 33.1. The fourth-order valence-corrected chi connectivity index (χ4v) is 9.61. The molecule has 3 aromatic heterocycles. The van der Waals surface area contributed by atoms with E-state index < -0.39 is 8.07 Å². The van der Waals surface area contributed by atoms with Crippen LogP contribution in [-0.4, -0.2) is 28.3 Å². The fraction of sp³-hybridized carbons (Fsp3) is 0.362. The third-order valence-electron chi connectivity index (χ3n) is 11.0. The van der Waals surface area contributed by atoms with E-state index in [1.807, 2.05) is 33.9 Å². The van der Waals surface area contributed by atoms with Crippen molar-refractivity contribution in [2.24, 2.45) is 11.8 Å². The molecule has 0 fully saturated rings. The summed E-state index contributed by atoms with van der Waals surface area (Å²) < 4.78 is 2.49. The minimum atomic E-state index is -1.57. The van der Waals surface area contributed by atoms with Gasteiger partial charge in [-0.1, -0.05) is 133 Å². The number of fused-ring (bicyclic) bond motifs is 7. The second-order valence-corrected chi connectivity index (χ2v) is 21.5. The number of aliphatic hydroxyl groups excluding tert-OH is 1. The minimum absolute atomic E-state index is 0. The first-order valence-corrected chi connectivity index (χ1v) is 22.7. The van der Waals surface area contributed by atoms with Crippen molar-refractivity contribution in [1.29, 1.82) is 0 Å². The molecule has 3 heterocycles. The zero-order valence-corrected chi connectivity index (χ0v) is 36.5. The molecule has 0 bridgehead atoms. The van der Waals surface area contributed by atoms with Crippen molar-refractivity contribution in [3.8, 4) is 11.3 Å². The fourth-order valence-electron chi connectivity index (χ4n) is 8.02. The molecular formula is C47H55IrN2O2Si-. The zero-order chi connectivity index (χ0) is 37.5. The van der Waals surface area contributed by atoms with Crippen molar-refractivity contribution < 1.29 is 30.0 Å². The Morgan fingerprint density at radius 1 is 0.811 bits per heavy atom. The molecule has 1 N–H and O–H groups in total. The summed E-state index contributed by atoms with van der Waals surface area (Å²) >= 11 is 0. The molecule has 0 aliphatic carbocycles. The Hall–Kier alpha value is -3.83. The Bertz CT molecular complexity index is 2420. The van der Waals surface area contributed by atoms with E-state index in [9.17, 15) is 9.90 Å². The number of para-hydroxylation sites is 1. The van der Waals surface area contributed by atoms with Gasteiger partial charge in [0.25, 0.3) is 0 Å². The number of hydrogen-bond donors (Lipinski definition) is 1. The van der Waals surface area contributed by atoms with E-state index in [1.54, 1.807) is 0 Å². The van der Waals surface area contributed by atoms with Crippen LogP contribution in [-0.2, 0) is 30.3 Å². The number of nitrogens with zero attached hydrogens (tertiary/aromatic N) is 2. The Morgan fingerprint density at radius 3 is 2.04 bits per heavy atom. The number of allylic oxidation sites excluding steroid dienone is 2. The van der Waals surface area contributed by atoms with Crippen molar-refractivity contribution in [2.45, 2.75) is 99.2 Å². The van der Waals surface area contributed by atoms with Gasteiger partial charge in [-0.15, -0.1) is 29.1 Å². The van der Waals surface area contributed by atoms with E-state index in [4.69, 9.17) is 4.98 Å². The second kappa shape index (κ2) is 15.9. The van der Waals surface area contributed by atoms with Crippen LogP contribution in [0.25, 0.3) is 60.1 Å². The molecule has 0 atom stereocenters. The Morgan fingerprint density at radius 2 is 1.42 bits per heavy atom. The number of aromatic nitrogens is 2. The Balaban J connectivity index is 0.000000290. The van der Waals surface area contributed by atoms with Crippen LogP contribution in [0.4, 0.5) is 0 Å². The quantitative estimate of drug-likeness (QED) is 0.0680. The standard InChI is InChI=1S/C34H31N2Si.C13H24O2.Ir/c1-34(2,3)27-20-22(19-21-11-7-8-12-23(21)27)31-33-25(17-18-35-31)24-15-16-29(37(4,5)6)30-26-13-9-10-14-28(26)36(33)32(24)30;1-5-10(6-2)12(14)9-13(15)11(7-3)8-4;/h7-18,20H,1-6H3;9-11,14H,5-8H2,1-4H3;/q-1;;/b;12-9-;. The van der Waals surface area contributed by atoms with Crippen LogP contribution >= 0.6 is 0 Å². The molecule has 0 spiro atoms. The number of ketones is 1. The molecule has 0 saturated carbocycles. The third-order valence-corrected chi connectivity index (χ3v) is 13.0. The first-order valence-electron chi connectivity index (χ1n) is 19.2. The molecule has 7 rings (SSSR count). The molecule has 0 aliphatic rings. The van der Waals surface area contributed by atoms with E-state index >= 15 is 0 Å².